The van der Waals surface area contributed by atoms with E-state index in [4.69, 9.17) is 11.6 Å². The van der Waals surface area contributed by atoms with Crippen LogP contribution in [0.1, 0.15) is 12.0 Å². The number of carbonyl (C=O) groups excluding carboxylic acids is 2. The van der Waals surface area contributed by atoms with E-state index < -0.39 is 5.92 Å². The molecule has 1 fully saturated rings. The largest absolute Gasteiger partial charge is 0.326 e. The second-order valence-electron chi connectivity index (χ2n) is 7.75. The van der Waals surface area contributed by atoms with Crippen molar-refractivity contribution in [3.8, 4) is 10.6 Å². The minimum atomic E-state index is -0.423. The van der Waals surface area contributed by atoms with Gasteiger partial charge in [-0.15, -0.1) is 0 Å². The molecule has 1 saturated heterocycles. The summed E-state index contributed by atoms with van der Waals surface area (Å²) in [5.41, 5.74) is 4.18. The lowest BCUT2D eigenvalue weighted by Crippen LogP contribution is -2.28. The molecule has 32 heavy (non-hydrogen) atoms. The van der Waals surface area contributed by atoms with Crippen molar-refractivity contribution < 1.29 is 9.59 Å². The van der Waals surface area contributed by atoms with Crippen molar-refractivity contribution in [1.82, 2.24) is 9.97 Å². The number of aromatic nitrogens is 2. The predicted molar refractivity (Wildman–Crippen MR) is 128 cm³/mol. The molecule has 8 heteroatoms. The van der Waals surface area contributed by atoms with E-state index in [0.29, 0.717) is 11.6 Å². The SMILES string of the molecule is Cc1ccc(-c2nc3cccnc3s2)cc1NC(=O)C1CC(=O)N(c2ccc(Cl)cc2)C1. The summed E-state index contributed by atoms with van der Waals surface area (Å²) in [5, 5.41) is 4.47. The molecule has 2 aromatic heterocycles. The van der Waals surface area contributed by atoms with Gasteiger partial charge in [0, 0.05) is 41.1 Å². The van der Waals surface area contributed by atoms with E-state index in [1.165, 1.54) is 11.3 Å². The van der Waals surface area contributed by atoms with E-state index in [-0.39, 0.29) is 18.2 Å². The van der Waals surface area contributed by atoms with Crippen molar-refractivity contribution in [2.75, 3.05) is 16.8 Å². The number of anilines is 2. The molecule has 1 aliphatic heterocycles. The summed E-state index contributed by atoms with van der Waals surface area (Å²) in [7, 11) is 0. The van der Waals surface area contributed by atoms with Crippen LogP contribution < -0.4 is 10.2 Å². The molecule has 0 spiro atoms. The molecule has 1 atom stereocenters. The zero-order chi connectivity index (χ0) is 22.2. The fourth-order valence-electron chi connectivity index (χ4n) is 3.77. The molecule has 1 aliphatic rings. The molecule has 0 bridgehead atoms. The van der Waals surface area contributed by atoms with E-state index in [2.05, 4.69) is 15.3 Å². The molecule has 4 aromatic rings. The highest BCUT2D eigenvalue weighted by Crippen LogP contribution is 2.32. The van der Waals surface area contributed by atoms with Gasteiger partial charge in [-0.25, -0.2) is 9.97 Å². The third-order valence-corrected chi connectivity index (χ3v) is 6.82. The summed E-state index contributed by atoms with van der Waals surface area (Å²) in [6.07, 6.45) is 1.93. The number of hydrogen-bond donors (Lipinski definition) is 1. The number of amides is 2. The first-order valence-corrected chi connectivity index (χ1v) is 11.4. The first-order chi connectivity index (χ1) is 15.5. The summed E-state index contributed by atoms with van der Waals surface area (Å²) in [4.78, 5) is 37.0. The Morgan fingerprint density at radius 1 is 1.19 bits per heavy atom. The Morgan fingerprint density at radius 3 is 2.78 bits per heavy atom. The molecule has 6 nitrogen and oxygen atoms in total. The van der Waals surface area contributed by atoms with Crippen LogP contribution >= 0.6 is 22.9 Å². The van der Waals surface area contributed by atoms with E-state index in [9.17, 15) is 9.59 Å². The van der Waals surface area contributed by atoms with Gasteiger partial charge in [-0.05, 0) is 55.0 Å². The van der Waals surface area contributed by atoms with Crippen molar-refractivity contribution in [2.24, 2.45) is 5.92 Å². The van der Waals surface area contributed by atoms with Crippen LogP contribution in [0.15, 0.2) is 60.8 Å². The summed E-state index contributed by atoms with van der Waals surface area (Å²) >= 11 is 7.46. The predicted octanol–water partition coefficient (Wildman–Crippen LogP) is 5.31. The Hall–Kier alpha value is -3.29. The highest BCUT2D eigenvalue weighted by atomic mass is 35.5. The number of nitrogens with zero attached hydrogens (tertiary/aromatic N) is 3. The number of rotatable bonds is 4. The van der Waals surface area contributed by atoms with E-state index in [1.807, 2.05) is 37.3 Å². The van der Waals surface area contributed by atoms with Crippen LogP contribution in [0.2, 0.25) is 5.02 Å². The van der Waals surface area contributed by atoms with Crippen LogP contribution in [0.4, 0.5) is 11.4 Å². The molecule has 0 aliphatic carbocycles. The van der Waals surface area contributed by atoms with Gasteiger partial charge in [0.05, 0.1) is 5.92 Å². The van der Waals surface area contributed by atoms with Gasteiger partial charge in [-0.2, -0.15) is 0 Å². The van der Waals surface area contributed by atoms with Gasteiger partial charge < -0.3 is 10.2 Å². The average molecular weight is 463 g/mol. The van der Waals surface area contributed by atoms with Crippen LogP contribution in [-0.4, -0.2) is 28.3 Å². The second-order valence-corrected chi connectivity index (χ2v) is 9.16. The lowest BCUT2D eigenvalue weighted by Gasteiger charge is -2.17. The lowest BCUT2D eigenvalue weighted by molar-refractivity contribution is -0.122. The van der Waals surface area contributed by atoms with Gasteiger partial charge in [0.15, 0.2) is 0 Å². The number of aryl methyl sites for hydroxylation is 1. The summed E-state index contributed by atoms with van der Waals surface area (Å²) in [6.45, 7) is 2.29. The molecular weight excluding hydrogens is 444 g/mol. The highest BCUT2D eigenvalue weighted by Gasteiger charge is 2.35. The Kier molecular flexibility index (Phi) is 5.36. The lowest BCUT2D eigenvalue weighted by atomic mass is 10.1. The maximum Gasteiger partial charge on any atom is 0.229 e. The van der Waals surface area contributed by atoms with Gasteiger partial charge in [0.2, 0.25) is 11.8 Å². The number of pyridine rings is 1. The molecular formula is C24H19ClN4O2S. The van der Waals surface area contributed by atoms with E-state index in [0.717, 1.165) is 37.9 Å². The first-order valence-electron chi connectivity index (χ1n) is 10.2. The fraction of sp³-hybridized carbons (Fsp3) is 0.167. The number of benzene rings is 2. The van der Waals surface area contributed by atoms with Gasteiger partial charge in [-0.3, -0.25) is 9.59 Å². The monoisotopic (exact) mass is 462 g/mol. The maximum absolute atomic E-state index is 13.0. The quantitative estimate of drug-likeness (QED) is 0.446. The molecule has 1 unspecified atom stereocenters. The van der Waals surface area contributed by atoms with Gasteiger partial charge >= 0.3 is 0 Å². The molecule has 2 aromatic carbocycles. The van der Waals surface area contributed by atoms with Crippen LogP contribution in [-0.2, 0) is 9.59 Å². The standard InChI is InChI=1S/C24H19ClN4O2S/c1-14-4-5-15(23-28-19-3-2-10-26-24(19)32-23)11-20(14)27-22(31)16-12-21(30)29(13-16)18-8-6-17(25)7-9-18/h2-11,16H,12-13H2,1H3,(H,27,31). The molecule has 2 amide bonds. The zero-order valence-corrected chi connectivity index (χ0v) is 18.8. The van der Waals surface area contributed by atoms with Gasteiger partial charge in [0.25, 0.3) is 0 Å². The number of carbonyl (C=O) groups is 2. The first kappa shape index (κ1) is 20.6. The summed E-state index contributed by atoms with van der Waals surface area (Å²) < 4.78 is 0. The van der Waals surface area contributed by atoms with Crippen molar-refractivity contribution in [2.45, 2.75) is 13.3 Å². The Bertz CT molecular complexity index is 1300. The maximum atomic E-state index is 13.0. The van der Waals surface area contributed by atoms with E-state index >= 15 is 0 Å². The normalized spacial score (nSPS) is 16.0. The topological polar surface area (TPSA) is 75.2 Å². The Morgan fingerprint density at radius 2 is 2.00 bits per heavy atom. The number of hydrogen-bond acceptors (Lipinski definition) is 5. The van der Waals surface area contributed by atoms with Crippen molar-refractivity contribution in [1.29, 1.82) is 0 Å². The number of nitrogens with one attached hydrogen (secondary N) is 1. The minimum Gasteiger partial charge on any atom is -0.326 e. The van der Waals surface area contributed by atoms with Crippen molar-refractivity contribution in [3.63, 3.8) is 0 Å². The Balaban J connectivity index is 1.34. The Labute approximate surface area is 193 Å². The summed E-state index contributed by atoms with van der Waals surface area (Å²) in [5.74, 6) is -0.658. The van der Waals surface area contributed by atoms with Gasteiger partial charge in [-0.1, -0.05) is 35.1 Å². The molecule has 1 N–H and O–H groups in total. The summed E-state index contributed by atoms with van der Waals surface area (Å²) in [6, 6.07) is 16.7. The van der Waals surface area contributed by atoms with E-state index in [1.54, 1.807) is 35.4 Å². The van der Waals surface area contributed by atoms with Crippen LogP contribution in [0, 0.1) is 12.8 Å². The second kappa shape index (κ2) is 8.33. The van der Waals surface area contributed by atoms with Crippen LogP contribution in [0.25, 0.3) is 20.9 Å². The van der Waals surface area contributed by atoms with Crippen molar-refractivity contribution >= 4 is 56.5 Å². The number of thiazole rings is 1. The molecule has 160 valence electrons. The fourth-order valence-corrected chi connectivity index (χ4v) is 4.80. The average Bonchev–Trinajstić information content (AvgIpc) is 3.39. The molecule has 0 saturated carbocycles. The molecule has 3 heterocycles. The minimum absolute atomic E-state index is 0.0695. The highest BCUT2D eigenvalue weighted by molar-refractivity contribution is 7.21. The zero-order valence-electron chi connectivity index (χ0n) is 17.2. The van der Waals surface area contributed by atoms with Crippen LogP contribution in [0.5, 0.6) is 0 Å². The number of halogens is 1. The molecule has 0 radical (unpaired) electrons. The smallest absolute Gasteiger partial charge is 0.229 e. The van der Waals surface area contributed by atoms with Crippen LogP contribution in [0.3, 0.4) is 0 Å². The van der Waals surface area contributed by atoms with Crippen molar-refractivity contribution in [3.05, 3.63) is 71.4 Å². The number of fused-ring (bicyclic) bond motifs is 1. The molecule has 5 rings (SSSR count). The third kappa shape index (κ3) is 3.97. The third-order valence-electron chi connectivity index (χ3n) is 5.54. The van der Waals surface area contributed by atoms with Gasteiger partial charge in [0.1, 0.15) is 15.4 Å².